The molecule has 0 N–H and O–H groups in total. The number of hydrogen-bond donors (Lipinski definition) is 0. The summed E-state index contributed by atoms with van der Waals surface area (Å²) in [6, 6.07) is 7.87. The average Bonchev–Trinajstić information content (AvgIpc) is 3.26. The van der Waals surface area contributed by atoms with Crippen LogP contribution >= 0.6 is 11.3 Å². The number of likely N-dealkylation sites (N-methyl/N-ethyl adjacent to an activating group) is 1. The van der Waals surface area contributed by atoms with Crippen LogP contribution in [0.3, 0.4) is 0 Å². The Hall–Kier alpha value is -1.92. The summed E-state index contributed by atoms with van der Waals surface area (Å²) in [5.41, 5.74) is 0.550. The molecular weight excluding hydrogens is 394 g/mol. The highest BCUT2D eigenvalue weighted by molar-refractivity contribution is 7.09. The second kappa shape index (κ2) is 9.48. The van der Waals surface area contributed by atoms with E-state index in [0.29, 0.717) is 29.9 Å². The van der Waals surface area contributed by atoms with Crippen LogP contribution in [0.15, 0.2) is 35.5 Å². The monoisotopic (exact) mass is 429 g/mol. The maximum Gasteiger partial charge on any atom is 0.283 e. The summed E-state index contributed by atoms with van der Waals surface area (Å²) in [5, 5.41) is 0. The minimum Gasteiger partial charge on any atom is -0.491 e. The topological polar surface area (TPSA) is 46.8 Å². The molecule has 0 saturated carbocycles. The zero-order valence-electron chi connectivity index (χ0n) is 19.1. The SMILES string of the molecule is CC(C)Cn1cc(C(C)(C)C)sc1=NC(=O)c1ccccc1OC[C@@H]1CCCN1C. The largest absolute Gasteiger partial charge is 0.491 e. The molecule has 0 aliphatic carbocycles. The molecule has 1 fully saturated rings. The van der Waals surface area contributed by atoms with Gasteiger partial charge in [-0.1, -0.05) is 46.8 Å². The summed E-state index contributed by atoms with van der Waals surface area (Å²) >= 11 is 1.60. The number of carbonyl (C=O) groups is 1. The van der Waals surface area contributed by atoms with Crippen LogP contribution in [0.4, 0.5) is 0 Å². The van der Waals surface area contributed by atoms with Crippen molar-refractivity contribution >= 4 is 17.2 Å². The second-order valence-corrected chi connectivity index (χ2v) is 10.7. The highest BCUT2D eigenvalue weighted by Crippen LogP contribution is 2.25. The van der Waals surface area contributed by atoms with Crippen molar-refractivity contribution in [2.45, 2.75) is 65.5 Å². The zero-order chi connectivity index (χ0) is 21.9. The van der Waals surface area contributed by atoms with E-state index in [1.54, 1.807) is 11.3 Å². The average molecular weight is 430 g/mol. The van der Waals surface area contributed by atoms with Gasteiger partial charge < -0.3 is 14.2 Å². The molecule has 0 bridgehead atoms. The van der Waals surface area contributed by atoms with Crippen LogP contribution in [0.2, 0.25) is 0 Å². The first-order valence-electron chi connectivity index (χ1n) is 10.9. The molecule has 0 unspecified atom stereocenters. The van der Waals surface area contributed by atoms with Crippen molar-refractivity contribution in [3.8, 4) is 5.75 Å². The van der Waals surface area contributed by atoms with Gasteiger partial charge in [-0.2, -0.15) is 4.99 Å². The fourth-order valence-electron chi connectivity index (χ4n) is 3.63. The quantitative estimate of drug-likeness (QED) is 0.668. The van der Waals surface area contributed by atoms with Crippen LogP contribution in [-0.4, -0.2) is 41.6 Å². The van der Waals surface area contributed by atoms with Crippen molar-refractivity contribution in [3.63, 3.8) is 0 Å². The fourth-order valence-corrected chi connectivity index (χ4v) is 4.69. The normalized spacial score (nSPS) is 18.4. The molecule has 5 nitrogen and oxygen atoms in total. The van der Waals surface area contributed by atoms with Gasteiger partial charge in [0.15, 0.2) is 4.80 Å². The number of carbonyl (C=O) groups excluding carboxylic acids is 1. The van der Waals surface area contributed by atoms with Crippen LogP contribution in [-0.2, 0) is 12.0 Å². The van der Waals surface area contributed by atoms with Gasteiger partial charge >= 0.3 is 0 Å². The molecular formula is C24H35N3O2S. The predicted octanol–water partition coefficient (Wildman–Crippen LogP) is 4.72. The van der Waals surface area contributed by atoms with E-state index in [4.69, 9.17) is 4.74 Å². The van der Waals surface area contributed by atoms with E-state index >= 15 is 0 Å². The lowest BCUT2D eigenvalue weighted by atomic mass is 9.95. The molecule has 164 valence electrons. The molecule has 1 aromatic carbocycles. The molecule has 1 aliphatic heterocycles. The van der Waals surface area contributed by atoms with E-state index in [9.17, 15) is 4.79 Å². The van der Waals surface area contributed by atoms with E-state index in [0.717, 1.165) is 24.3 Å². The van der Waals surface area contributed by atoms with Gasteiger partial charge in [0.1, 0.15) is 12.4 Å². The standard InChI is InChI=1S/C24H35N3O2S/c1-17(2)14-27-15-21(24(3,4)5)30-23(27)25-22(28)19-11-7-8-12-20(19)29-16-18-10-9-13-26(18)6/h7-8,11-12,15,17-18H,9-10,13-14,16H2,1-6H3/t18-/m0/s1. The Kier molecular flexibility index (Phi) is 7.19. The number of likely N-dealkylation sites (tertiary alicyclic amines) is 1. The highest BCUT2D eigenvalue weighted by Gasteiger charge is 2.23. The first-order valence-corrected chi connectivity index (χ1v) is 11.7. The number of benzene rings is 1. The van der Waals surface area contributed by atoms with E-state index in [1.807, 2.05) is 24.3 Å². The Bertz CT molecular complexity index is 936. The Morgan fingerprint density at radius 2 is 2.03 bits per heavy atom. The lowest BCUT2D eigenvalue weighted by Crippen LogP contribution is -2.30. The number of para-hydroxylation sites is 1. The number of ether oxygens (including phenoxy) is 1. The molecule has 1 saturated heterocycles. The smallest absolute Gasteiger partial charge is 0.283 e. The molecule has 6 heteroatoms. The van der Waals surface area contributed by atoms with E-state index in [-0.39, 0.29) is 11.3 Å². The first-order chi connectivity index (χ1) is 14.1. The number of hydrogen-bond acceptors (Lipinski definition) is 4. The Morgan fingerprint density at radius 3 is 2.67 bits per heavy atom. The number of aromatic nitrogens is 1. The van der Waals surface area contributed by atoms with Crippen LogP contribution in [0.25, 0.3) is 0 Å². The first kappa shape index (κ1) is 22.8. The predicted molar refractivity (Wildman–Crippen MR) is 123 cm³/mol. The third-order valence-electron chi connectivity index (χ3n) is 5.44. The second-order valence-electron chi connectivity index (χ2n) is 9.67. The van der Waals surface area contributed by atoms with Crippen molar-refractivity contribution in [2.75, 3.05) is 20.2 Å². The molecule has 1 aromatic heterocycles. The Labute approximate surface area is 184 Å². The summed E-state index contributed by atoms with van der Waals surface area (Å²) in [4.78, 5) is 22.0. The third kappa shape index (κ3) is 5.61. The van der Waals surface area contributed by atoms with E-state index in [1.165, 1.54) is 11.3 Å². The van der Waals surface area contributed by atoms with Gasteiger partial charge in [0.2, 0.25) is 0 Å². The van der Waals surface area contributed by atoms with Crippen LogP contribution in [0.5, 0.6) is 5.75 Å². The molecule has 1 aliphatic rings. The lowest BCUT2D eigenvalue weighted by molar-refractivity contribution is 0.0991. The molecule has 1 atom stereocenters. The van der Waals surface area contributed by atoms with Gasteiger partial charge in [-0.15, -0.1) is 11.3 Å². The van der Waals surface area contributed by atoms with Crippen LogP contribution < -0.4 is 9.54 Å². The molecule has 3 rings (SSSR count). The van der Waals surface area contributed by atoms with E-state index < -0.39 is 0 Å². The minimum atomic E-state index is -0.245. The molecule has 30 heavy (non-hydrogen) atoms. The number of nitrogens with zero attached hydrogens (tertiary/aromatic N) is 3. The maximum atomic E-state index is 13.1. The van der Waals surface area contributed by atoms with Crippen LogP contribution in [0.1, 0.15) is 62.7 Å². The highest BCUT2D eigenvalue weighted by atomic mass is 32.1. The summed E-state index contributed by atoms with van der Waals surface area (Å²) < 4.78 is 8.19. The summed E-state index contributed by atoms with van der Waals surface area (Å²) in [5.74, 6) is 0.847. The molecule has 2 aromatic rings. The van der Waals surface area contributed by atoms with E-state index in [2.05, 4.69) is 62.3 Å². The van der Waals surface area contributed by atoms with Crippen LogP contribution in [0, 0.1) is 5.92 Å². The molecule has 0 radical (unpaired) electrons. The number of amides is 1. The summed E-state index contributed by atoms with van der Waals surface area (Å²) in [7, 11) is 2.13. The Balaban J connectivity index is 1.88. The third-order valence-corrected chi connectivity index (χ3v) is 6.88. The zero-order valence-corrected chi connectivity index (χ0v) is 20.0. The van der Waals surface area contributed by atoms with Crippen molar-refractivity contribution in [1.29, 1.82) is 0 Å². The van der Waals surface area contributed by atoms with Crippen molar-refractivity contribution in [3.05, 3.63) is 45.7 Å². The molecule has 2 heterocycles. The fraction of sp³-hybridized carbons (Fsp3) is 0.583. The van der Waals surface area contributed by atoms with Crippen molar-refractivity contribution < 1.29 is 9.53 Å². The van der Waals surface area contributed by atoms with Gasteiger partial charge in [-0.05, 0) is 49.9 Å². The van der Waals surface area contributed by atoms with Gasteiger partial charge in [0.05, 0.1) is 5.56 Å². The molecule has 1 amide bonds. The Morgan fingerprint density at radius 1 is 1.30 bits per heavy atom. The number of thiazole rings is 1. The maximum absolute atomic E-state index is 13.1. The molecule has 0 spiro atoms. The summed E-state index contributed by atoms with van der Waals surface area (Å²) in [6.07, 6.45) is 4.48. The van der Waals surface area contributed by atoms with Crippen molar-refractivity contribution in [1.82, 2.24) is 9.47 Å². The van der Waals surface area contributed by atoms with Gasteiger partial charge in [-0.3, -0.25) is 4.79 Å². The number of rotatable bonds is 6. The van der Waals surface area contributed by atoms with Gasteiger partial charge in [-0.25, -0.2) is 0 Å². The van der Waals surface area contributed by atoms with Gasteiger partial charge in [0.25, 0.3) is 5.91 Å². The van der Waals surface area contributed by atoms with Gasteiger partial charge in [0, 0.05) is 23.7 Å². The van der Waals surface area contributed by atoms with Crippen molar-refractivity contribution in [2.24, 2.45) is 10.9 Å². The lowest BCUT2D eigenvalue weighted by Gasteiger charge is -2.20. The summed E-state index contributed by atoms with van der Waals surface area (Å²) in [6.45, 7) is 13.5. The minimum absolute atomic E-state index is 0.0224.